The van der Waals surface area contributed by atoms with E-state index in [0.717, 1.165) is 28.1 Å². The second-order valence-electron chi connectivity index (χ2n) is 6.63. The lowest BCUT2D eigenvalue weighted by atomic mass is 9.86. The van der Waals surface area contributed by atoms with Gasteiger partial charge in [0.05, 0.1) is 6.20 Å². The minimum absolute atomic E-state index is 0.640. The molecule has 0 amide bonds. The van der Waals surface area contributed by atoms with Gasteiger partial charge in [-0.05, 0) is 85.3 Å². The van der Waals surface area contributed by atoms with E-state index in [1.54, 1.807) is 18.7 Å². The molecular formula is C22H20N3O. The predicted molar refractivity (Wildman–Crippen MR) is 103 cm³/mol. The second kappa shape index (κ2) is 6.30. The van der Waals surface area contributed by atoms with Crippen molar-refractivity contribution in [3.05, 3.63) is 71.4 Å². The number of oxazole rings is 1. The number of nitrogens with one attached hydrogen (secondary N) is 1. The molecule has 0 aliphatic heterocycles. The van der Waals surface area contributed by atoms with E-state index in [1.165, 1.54) is 22.3 Å². The number of hydrogen-bond donors (Lipinski definition) is 1. The lowest BCUT2D eigenvalue weighted by Crippen LogP contribution is -1.98. The Labute approximate surface area is 153 Å². The topological polar surface area (TPSA) is 54.7 Å². The van der Waals surface area contributed by atoms with Crippen LogP contribution < -0.4 is 0 Å². The van der Waals surface area contributed by atoms with Crippen LogP contribution in [0.1, 0.15) is 22.3 Å². The van der Waals surface area contributed by atoms with Crippen LogP contribution in [0.15, 0.2) is 47.5 Å². The first-order valence-electron chi connectivity index (χ1n) is 8.59. The molecule has 26 heavy (non-hydrogen) atoms. The number of hydrogen-bond acceptors (Lipinski definition) is 3. The number of aromatic amines is 1. The standard InChI is InChI=1S/C22H20N3O/c1-13-9-14(2)20(18(10-13)21-23-5-6-24-21)19-15(3)11-17(12-16(19)4)22-25-7-8-26-22/h5-8,10-12H,1-4H3,(H,23,24). The van der Waals surface area contributed by atoms with Crippen LogP contribution in [0.25, 0.3) is 34.0 Å². The molecule has 4 heteroatoms. The summed E-state index contributed by atoms with van der Waals surface area (Å²) in [5.74, 6) is 1.51. The van der Waals surface area contributed by atoms with E-state index in [0.29, 0.717) is 5.89 Å². The zero-order valence-corrected chi connectivity index (χ0v) is 15.3. The average Bonchev–Trinajstić information content (AvgIpc) is 3.29. The van der Waals surface area contributed by atoms with Gasteiger partial charge in [-0.1, -0.05) is 0 Å². The summed E-state index contributed by atoms with van der Waals surface area (Å²) in [4.78, 5) is 12.0. The Morgan fingerprint density at radius 1 is 0.923 bits per heavy atom. The monoisotopic (exact) mass is 342 g/mol. The number of rotatable bonds is 3. The van der Waals surface area contributed by atoms with Gasteiger partial charge in [0.25, 0.3) is 0 Å². The van der Waals surface area contributed by atoms with E-state index in [2.05, 4.69) is 66.9 Å². The van der Waals surface area contributed by atoms with Crippen LogP contribution in [0.3, 0.4) is 0 Å². The smallest absolute Gasteiger partial charge is 0.225 e. The highest BCUT2D eigenvalue weighted by molar-refractivity contribution is 5.87. The molecule has 4 nitrogen and oxygen atoms in total. The third-order valence-electron chi connectivity index (χ3n) is 4.61. The summed E-state index contributed by atoms with van der Waals surface area (Å²) in [5, 5.41) is 0. The quantitative estimate of drug-likeness (QED) is 0.540. The van der Waals surface area contributed by atoms with E-state index in [4.69, 9.17) is 4.42 Å². The van der Waals surface area contributed by atoms with Crippen LogP contribution in [0, 0.1) is 33.8 Å². The Kier molecular flexibility index (Phi) is 3.96. The van der Waals surface area contributed by atoms with Gasteiger partial charge in [0.15, 0.2) is 0 Å². The molecule has 0 atom stereocenters. The van der Waals surface area contributed by atoms with Crippen molar-refractivity contribution in [1.29, 1.82) is 0 Å². The number of nitrogens with zero attached hydrogens (tertiary/aromatic N) is 2. The molecule has 2 heterocycles. The maximum Gasteiger partial charge on any atom is 0.225 e. The summed E-state index contributed by atoms with van der Waals surface area (Å²) in [6, 6.07) is 9.85. The number of aryl methyl sites for hydroxylation is 4. The van der Waals surface area contributed by atoms with Crippen molar-refractivity contribution in [3.8, 4) is 34.0 Å². The Hall–Kier alpha value is -3.14. The Balaban J connectivity index is 1.97. The molecule has 0 aliphatic carbocycles. The fourth-order valence-corrected chi connectivity index (χ4v) is 3.65. The Morgan fingerprint density at radius 3 is 2.31 bits per heavy atom. The lowest BCUT2D eigenvalue weighted by molar-refractivity contribution is 0.574. The Morgan fingerprint density at radius 2 is 1.69 bits per heavy atom. The molecule has 0 bridgehead atoms. The lowest BCUT2D eigenvalue weighted by Gasteiger charge is -2.18. The van der Waals surface area contributed by atoms with Gasteiger partial charge < -0.3 is 9.40 Å². The van der Waals surface area contributed by atoms with Gasteiger partial charge in [0.1, 0.15) is 12.1 Å². The van der Waals surface area contributed by atoms with Crippen LogP contribution in [-0.2, 0) is 0 Å². The summed E-state index contributed by atoms with van der Waals surface area (Å²) in [5.41, 5.74) is 9.02. The largest absolute Gasteiger partial charge is 0.445 e. The maximum atomic E-state index is 5.46. The SMILES string of the molecule is Cc1[c]c(C)c(-c2c(C)cc(-c3ncco3)cc2C)c(-c2ncc[nH]2)c1. The highest BCUT2D eigenvalue weighted by atomic mass is 16.3. The van der Waals surface area contributed by atoms with E-state index >= 15 is 0 Å². The van der Waals surface area contributed by atoms with Crippen LogP contribution in [0.4, 0.5) is 0 Å². The highest BCUT2D eigenvalue weighted by Crippen LogP contribution is 2.39. The molecule has 0 aliphatic rings. The van der Waals surface area contributed by atoms with Crippen molar-refractivity contribution in [3.63, 3.8) is 0 Å². The van der Waals surface area contributed by atoms with Crippen LogP contribution in [-0.4, -0.2) is 15.0 Å². The molecule has 2 aromatic heterocycles. The molecule has 0 spiro atoms. The number of benzene rings is 2. The van der Waals surface area contributed by atoms with Gasteiger partial charge in [0.2, 0.25) is 5.89 Å². The molecule has 1 N–H and O–H groups in total. The summed E-state index contributed by atoms with van der Waals surface area (Å²) in [6.07, 6.45) is 6.90. The molecule has 4 aromatic rings. The Bertz CT molecular complexity index is 1040. The first-order valence-corrected chi connectivity index (χ1v) is 8.59. The molecule has 1 radical (unpaired) electrons. The van der Waals surface area contributed by atoms with Crippen LogP contribution in [0.2, 0.25) is 0 Å². The molecule has 0 saturated heterocycles. The van der Waals surface area contributed by atoms with Crippen molar-refractivity contribution in [2.24, 2.45) is 0 Å². The van der Waals surface area contributed by atoms with Crippen molar-refractivity contribution in [2.75, 3.05) is 0 Å². The van der Waals surface area contributed by atoms with Crippen molar-refractivity contribution in [1.82, 2.24) is 15.0 Å². The molecule has 4 rings (SSSR count). The summed E-state index contributed by atoms with van der Waals surface area (Å²) in [6.45, 7) is 8.42. The highest BCUT2D eigenvalue weighted by Gasteiger charge is 2.18. The van der Waals surface area contributed by atoms with E-state index in [1.807, 2.05) is 6.20 Å². The summed E-state index contributed by atoms with van der Waals surface area (Å²) < 4.78 is 5.46. The minimum Gasteiger partial charge on any atom is -0.445 e. The van der Waals surface area contributed by atoms with Gasteiger partial charge in [-0.15, -0.1) is 0 Å². The zero-order chi connectivity index (χ0) is 18.3. The number of aromatic nitrogens is 3. The summed E-state index contributed by atoms with van der Waals surface area (Å²) >= 11 is 0. The average molecular weight is 342 g/mol. The second-order valence-corrected chi connectivity index (χ2v) is 6.63. The van der Waals surface area contributed by atoms with Crippen molar-refractivity contribution in [2.45, 2.75) is 27.7 Å². The fraction of sp³-hybridized carbons (Fsp3) is 0.182. The van der Waals surface area contributed by atoms with Gasteiger partial charge in [0, 0.05) is 23.5 Å². The first-order chi connectivity index (χ1) is 12.5. The normalized spacial score (nSPS) is 11.1. The van der Waals surface area contributed by atoms with E-state index in [9.17, 15) is 0 Å². The molecule has 0 unspecified atom stereocenters. The predicted octanol–water partition coefficient (Wildman–Crippen LogP) is 5.43. The van der Waals surface area contributed by atoms with Crippen molar-refractivity contribution >= 4 is 0 Å². The van der Waals surface area contributed by atoms with Crippen LogP contribution in [0.5, 0.6) is 0 Å². The van der Waals surface area contributed by atoms with Crippen molar-refractivity contribution < 1.29 is 4.42 Å². The van der Waals surface area contributed by atoms with Crippen LogP contribution >= 0.6 is 0 Å². The van der Waals surface area contributed by atoms with Gasteiger partial charge in [-0.2, -0.15) is 0 Å². The molecule has 2 aromatic carbocycles. The molecule has 0 fully saturated rings. The van der Waals surface area contributed by atoms with Gasteiger partial charge >= 0.3 is 0 Å². The molecule has 0 saturated carbocycles. The first kappa shape index (κ1) is 16.3. The minimum atomic E-state index is 0.640. The van der Waals surface area contributed by atoms with Gasteiger partial charge in [-0.3, -0.25) is 0 Å². The van der Waals surface area contributed by atoms with E-state index in [-0.39, 0.29) is 0 Å². The zero-order valence-electron chi connectivity index (χ0n) is 15.3. The third-order valence-corrected chi connectivity index (χ3v) is 4.61. The maximum absolute atomic E-state index is 5.46. The number of imidazole rings is 1. The third kappa shape index (κ3) is 2.73. The molecule has 129 valence electrons. The van der Waals surface area contributed by atoms with E-state index < -0.39 is 0 Å². The molecular weight excluding hydrogens is 322 g/mol. The fourth-order valence-electron chi connectivity index (χ4n) is 3.65. The number of H-pyrrole nitrogens is 1. The summed E-state index contributed by atoms with van der Waals surface area (Å²) in [7, 11) is 0. The van der Waals surface area contributed by atoms with Gasteiger partial charge in [-0.25, -0.2) is 9.97 Å².